The zero-order valence-corrected chi connectivity index (χ0v) is 17.1. The summed E-state index contributed by atoms with van der Waals surface area (Å²) < 4.78 is 0. The molecule has 2 aliphatic heterocycles. The number of amides is 1. The van der Waals surface area contributed by atoms with Crippen LogP contribution in [0.4, 0.5) is 11.4 Å². The minimum Gasteiger partial charge on any atom is -0.340 e. The number of carbonyl (C=O) groups is 1. The number of hydrogen-bond acceptors (Lipinski definition) is 3. The molecule has 0 aliphatic carbocycles. The number of para-hydroxylation sites is 2. The second kappa shape index (κ2) is 7.53. The highest BCUT2D eigenvalue weighted by molar-refractivity contribution is 7.10. The predicted molar refractivity (Wildman–Crippen MR) is 121 cm³/mol. The number of fused-ring (bicyclic) bond motifs is 2. The average Bonchev–Trinajstić information content (AvgIpc) is 3.41. The number of likely N-dealkylation sites (tertiary alicyclic amines) is 1. The van der Waals surface area contributed by atoms with Gasteiger partial charge in [-0.1, -0.05) is 42.5 Å². The molecule has 3 heterocycles. The zero-order chi connectivity index (χ0) is 19.7. The third kappa shape index (κ3) is 3.38. The number of carbonyl (C=O) groups excluding carboxylic acids is 1. The van der Waals surface area contributed by atoms with Crippen molar-refractivity contribution in [2.45, 2.75) is 18.3 Å². The number of anilines is 2. The summed E-state index contributed by atoms with van der Waals surface area (Å²) in [6, 6.07) is 23.5. The summed E-state index contributed by atoms with van der Waals surface area (Å²) in [4.78, 5) is 18.2. The summed E-state index contributed by atoms with van der Waals surface area (Å²) in [5.74, 6) is 0.124. The Morgan fingerprint density at radius 2 is 1.69 bits per heavy atom. The number of hydrogen-bond donors (Lipinski definition) is 0. The maximum Gasteiger partial charge on any atom is 0.246 e. The summed E-state index contributed by atoms with van der Waals surface area (Å²) in [6.45, 7) is 2.61. The Morgan fingerprint density at radius 3 is 2.45 bits per heavy atom. The van der Waals surface area contributed by atoms with Gasteiger partial charge in [-0.3, -0.25) is 4.79 Å². The molecule has 29 heavy (non-hydrogen) atoms. The molecule has 0 unspecified atom stereocenters. The molecular formula is C25H24N2OS. The van der Waals surface area contributed by atoms with Crippen LogP contribution < -0.4 is 4.90 Å². The van der Waals surface area contributed by atoms with E-state index in [1.54, 1.807) is 17.4 Å². The zero-order valence-electron chi connectivity index (χ0n) is 16.3. The first-order valence-corrected chi connectivity index (χ1v) is 11.1. The van der Waals surface area contributed by atoms with Crippen LogP contribution in [0.2, 0.25) is 0 Å². The Kier molecular flexibility index (Phi) is 4.72. The molecule has 3 aromatic rings. The molecular weight excluding hydrogens is 376 g/mol. The smallest absolute Gasteiger partial charge is 0.246 e. The number of benzene rings is 2. The molecule has 2 aliphatic rings. The van der Waals surface area contributed by atoms with Crippen LogP contribution in [-0.2, 0) is 10.2 Å². The van der Waals surface area contributed by atoms with E-state index in [9.17, 15) is 4.79 Å². The highest BCUT2D eigenvalue weighted by Crippen LogP contribution is 2.49. The standard InChI is InChI=1S/C25H24N2OS/c28-24(13-12-21-9-6-18-29-21)26-16-14-25(15-17-26)19-27(20-7-2-1-3-8-20)23-11-5-4-10-22(23)25/h1-13,18H,14-17,19H2/b13-12+. The van der Waals surface area contributed by atoms with Crippen molar-refractivity contribution in [3.05, 3.63) is 88.6 Å². The summed E-state index contributed by atoms with van der Waals surface area (Å²) in [6.07, 6.45) is 5.67. The first-order valence-electron chi connectivity index (χ1n) is 10.2. The molecule has 4 heteroatoms. The van der Waals surface area contributed by atoms with E-state index < -0.39 is 0 Å². The molecule has 1 amide bonds. The van der Waals surface area contributed by atoms with Gasteiger partial charge in [0.15, 0.2) is 0 Å². The van der Waals surface area contributed by atoms with Crippen LogP contribution >= 0.6 is 11.3 Å². The molecule has 1 fully saturated rings. The van der Waals surface area contributed by atoms with Crippen molar-refractivity contribution in [2.24, 2.45) is 0 Å². The minimum atomic E-state index is 0.124. The van der Waals surface area contributed by atoms with E-state index in [-0.39, 0.29) is 11.3 Å². The van der Waals surface area contributed by atoms with Crippen molar-refractivity contribution in [1.82, 2.24) is 4.90 Å². The van der Waals surface area contributed by atoms with Crippen LogP contribution in [0.5, 0.6) is 0 Å². The SMILES string of the molecule is O=C(/C=C/c1cccs1)N1CCC2(CC1)CN(c1ccccc1)c1ccccc12. The molecule has 1 spiro atoms. The fraction of sp³-hybridized carbons (Fsp3) is 0.240. The van der Waals surface area contributed by atoms with Crippen molar-refractivity contribution >= 4 is 34.7 Å². The predicted octanol–water partition coefficient (Wildman–Crippen LogP) is 5.47. The molecule has 0 atom stereocenters. The fourth-order valence-electron chi connectivity index (χ4n) is 4.70. The Bertz CT molecular complexity index is 1020. The van der Waals surface area contributed by atoms with Crippen molar-refractivity contribution < 1.29 is 4.79 Å². The quantitative estimate of drug-likeness (QED) is 0.544. The monoisotopic (exact) mass is 400 g/mol. The van der Waals surface area contributed by atoms with Gasteiger partial charge >= 0.3 is 0 Å². The summed E-state index contributed by atoms with van der Waals surface area (Å²) in [5, 5.41) is 2.03. The van der Waals surface area contributed by atoms with Crippen LogP contribution in [0.3, 0.4) is 0 Å². The maximum absolute atomic E-state index is 12.7. The van der Waals surface area contributed by atoms with Gasteiger partial charge in [-0.2, -0.15) is 0 Å². The highest BCUT2D eigenvalue weighted by atomic mass is 32.1. The molecule has 2 aromatic carbocycles. The minimum absolute atomic E-state index is 0.124. The molecule has 3 nitrogen and oxygen atoms in total. The third-order valence-corrected chi connectivity index (χ3v) is 7.10. The van der Waals surface area contributed by atoms with E-state index >= 15 is 0 Å². The second-order valence-electron chi connectivity index (χ2n) is 7.89. The van der Waals surface area contributed by atoms with Crippen molar-refractivity contribution in [3.63, 3.8) is 0 Å². The summed E-state index contributed by atoms with van der Waals surface area (Å²) >= 11 is 1.65. The molecule has 1 aromatic heterocycles. The van der Waals surface area contributed by atoms with Crippen molar-refractivity contribution in [2.75, 3.05) is 24.5 Å². The fourth-order valence-corrected chi connectivity index (χ4v) is 5.31. The van der Waals surface area contributed by atoms with Crippen LogP contribution in [0.25, 0.3) is 6.08 Å². The van der Waals surface area contributed by atoms with E-state index in [4.69, 9.17) is 0 Å². The van der Waals surface area contributed by atoms with Gasteiger partial charge in [-0.25, -0.2) is 0 Å². The van der Waals surface area contributed by atoms with Crippen molar-refractivity contribution in [3.8, 4) is 0 Å². The van der Waals surface area contributed by atoms with Gasteiger partial charge in [0.05, 0.1) is 0 Å². The molecule has 0 saturated carbocycles. The Morgan fingerprint density at radius 1 is 0.931 bits per heavy atom. The lowest BCUT2D eigenvalue weighted by Crippen LogP contribution is -2.46. The van der Waals surface area contributed by atoms with Crippen LogP contribution in [-0.4, -0.2) is 30.4 Å². The van der Waals surface area contributed by atoms with E-state index in [0.717, 1.165) is 37.4 Å². The Balaban J connectivity index is 1.34. The van der Waals surface area contributed by atoms with Gasteiger partial charge in [-0.05, 0) is 54.1 Å². The highest BCUT2D eigenvalue weighted by Gasteiger charge is 2.45. The lowest BCUT2D eigenvalue weighted by molar-refractivity contribution is -0.127. The van der Waals surface area contributed by atoms with E-state index in [1.165, 1.54) is 16.9 Å². The number of piperidine rings is 1. The first-order chi connectivity index (χ1) is 14.3. The van der Waals surface area contributed by atoms with Gasteiger partial charge in [-0.15, -0.1) is 11.3 Å². The maximum atomic E-state index is 12.7. The average molecular weight is 401 g/mol. The van der Waals surface area contributed by atoms with Gasteiger partial charge in [0.25, 0.3) is 0 Å². The third-order valence-electron chi connectivity index (χ3n) is 6.26. The molecule has 0 radical (unpaired) electrons. The lowest BCUT2D eigenvalue weighted by Gasteiger charge is -2.39. The first kappa shape index (κ1) is 18.2. The van der Waals surface area contributed by atoms with Crippen LogP contribution in [0.15, 0.2) is 78.2 Å². The summed E-state index contributed by atoms with van der Waals surface area (Å²) in [5.41, 5.74) is 4.12. The lowest BCUT2D eigenvalue weighted by atomic mass is 9.74. The van der Waals surface area contributed by atoms with Crippen molar-refractivity contribution in [1.29, 1.82) is 0 Å². The molecule has 0 N–H and O–H groups in total. The number of nitrogens with zero attached hydrogens (tertiary/aromatic N) is 2. The topological polar surface area (TPSA) is 23.6 Å². The Labute approximate surface area is 175 Å². The van der Waals surface area contributed by atoms with Gasteiger partial charge in [0, 0.05) is 47.4 Å². The molecule has 146 valence electrons. The van der Waals surface area contributed by atoms with E-state index in [2.05, 4.69) is 59.5 Å². The molecule has 0 bridgehead atoms. The summed E-state index contributed by atoms with van der Waals surface area (Å²) in [7, 11) is 0. The van der Waals surface area contributed by atoms with E-state index in [0.29, 0.717) is 0 Å². The van der Waals surface area contributed by atoms with E-state index in [1.807, 2.05) is 28.5 Å². The normalized spacial score (nSPS) is 17.8. The van der Waals surface area contributed by atoms with Gasteiger partial charge in [0.1, 0.15) is 0 Å². The largest absolute Gasteiger partial charge is 0.340 e. The van der Waals surface area contributed by atoms with Gasteiger partial charge in [0.2, 0.25) is 5.91 Å². The number of rotatable bonds is 3. The molecule has 1 saturated heterocycles. The Hall–Kier alpha value is -2.85. The molecule has 5 rings (SSSR count). The van der Waals surface area contributed by atoms with Gasteiger partial charge < -0.3 is 9.80 Å². The number of thiophene rings is 1. The van der Waals surface area contributed by atoms with Crippen LogP contribution in [0.1, 0.15) is 23.3 Å². The van der Waals surface area contributed by atoms with Crippen LogP contribution in [0, 0.1) is 0 Å². The second-order valence-corrected chi connectivity index (χ2v) is 8.87.